The monoisotopic (exact) mass is 231 g/mol. The summed E-state index contributed by atoms with van der Waals surface area (Å²) in [5.41, 5.74) is 0.322. The van der Waals surface area contributed by atoms with E-state index in [1.165, 1.54) is 18.8 Å². The molecule has 3 atom stereocenters. The minimum atomic E-state index is 0.239. The smallest absolute Gasteiger partial charge is 0.232 e. The fourth-order valence-electron chi connectivity index (χ4n) is 2.21. The van der Waals surface area contributed by atoms with E-state index in [4.69, 9.17) is 10.00 Å². The molecule has 1 aliphatic rings. The number of nitriles is 1. The molecule has 2 rings (SSSR count). The standard InChI is InChI=1S/C13H17N3O/c1-9-3-4-12(5-10(9)2)17-13-8-15-11(6-14)7-16-13/h7-10,12H,3-5H2,1-2H3. The first-order valence-corrected chi connectivity index (χ1v) is 6.08. The Kier molecular flexibility index (Phi) is 3.58. The van der Waals surface area contributed by atoms with Crippen molar-refractivity contribution < 1.29 is 4.74 Å². The molecular formula is C13H17N3O. The molecule has 1 heterocycles. The Morgan fingerprint density at radius 2 is 2.06 bits per heavy atom. The van der Waals surface area contributed by atoms with Crippen LogP contribution in [0.1, 0.15) is 38.8 Å². The molecule has 0 spiro atoms. The lowest BCUT2D eigenvalue weighted by molar-refractivity contribution is 0.0960. The first-order valence-electron chi connectivity index (χ1n) is 6.08. The first-order chi connectivity index (χ1) is 8.19. The van der Waals surface area contributed by atoms with Gasteiger partial charge < -0.3 is 4.74 Å². The fourth-order valence-corrected chi connectivity index (χ4v) is 2.21. The summed E-state index contributed by atoms with van der Waals surface area (Å²) < 4.78 is 5.79. The van der Waals surface area contributed by atoms with E-state index in [0.717, 1.165) is 18.8 Å². The Bertz CT molecular complexity index is 410. The van der Waals surface area contributed by atoms with Crippen molar-refractivity contribution in [1.29, 1.82) is 5.26 Å². The van der Waals surface area contributed by atoms with Crippen LogP contribution in [0.4, 0.5) is 0 Å². The lowest BCUT2D eigenvalue weighted by atomic mass is 9.80. The second kappa shape index (κ2) is 5.13. The molecule has 0 amide bonds. The number of hydrogen-bond donors (Lipinski definition) is 0. The Morgan fingerprint density at radius 3 is 2.65 bits per heavy atom. The Hall–Kier alpha value is -1.63. The summed E-state index contributed by atoms with van der Waals surface area (Å²) in [4.78, 5) is 8.03. The molecule has 1 aromatic heterocycles. The minimum absolute atomic E-state index is 0.239. The van der Waals surface area contributed by atoms with Crippen molar-refractivity contribution in [1.82, 2.24) is 9.97 Å². The van der Waals surface area contributed by atoms with E-state index in [1.54, 1.807) is 0 Å². The Balaban J connectivity index is 1.94. The van der Waals surface area contributed by atoms with Gasteiger partial charge in [-0.25, -0.2) is 9.97 Å². The highest BCUT2D eigenvalue weighted by Gasteiger charge is 2.25. The summed E-state index contributed by atoms with van der Waals surface area (Å²) in [6, 6.07) is 1.94. The van der Waals surface area contributed by atoms with Gasteiger partial charge in [0.25, 0.3) is 0 Å². The van der Waals surface area contributed by atoms with Gasteiger partial charge in [0, 0.05) is 0 Å². The molecule has 0 aromatic carbocycles. The van der Waals surface area contributed by atoms with E-state index in [1.807, 2.05) is 6.07 Å². The number of aromatic nitrogens is 2. The van der Waals surface area contributed by atoms with Crippen molar-refractivity contribution in [3.63, 3.8) is 0 Å². The van der Waals surface area contributed by atoms with E-state index < -0.39 is 0 Å². The average molecular weight is 231 g/mol. The molecule has 4 nitrogen and oxygen atoms in total. The van der Waals surface area contributed by atoms with Gasteiger partial charge in [0.2, 0.25) is 5.88 Å². The molecule has 0 saturated heterocycles. The largest absolute Gasteiger partial charge is 0.473 e. The van der Waals surface area contributed by atoms with Gasteiger partial charge in [-0.3, -0.25) is 0 Å². The first kappa shape index (κ1) is 11.8. The highest BCUT2D eigenvalue weighted by Crippen LogP contribution is 2.31. The van der Waals surface area contributed by atoms with Gasteiger partial charge in [-0.1, -0.05) is 13.8 Å². The second-order valence-corrected chi connectivity index (χ2v) is 4.86. The third kappa shape index (κ3) is 2.94. The SMILES string of the molecule is CC1CCC(Oc2cnc(C#N)cn2)CC1C. The number of ether oxygens (including phenoxy) is 1. The topological polar surface area (TPSA) is 58.8 Å². The van der Waals surface area contributed by atoms with Crippen LogP contribution in [-0.2, 0) is 0 Å². The van der Waals surface area contributed by atoms with Crippen LogP contribution in [0, 0.1) is 23.2 Å². The molecule has 1 fully saturated rings. The summed E-state index contributed by atoms with van der Waals surface area (Å²) in [5, 5.41) is 8.62. The molecular weight excluding hydrogens is 214 g/mol. The third-order valence-electron chi connectivity index (χ3n) is 3.58. The maximum absolute atomic E-state index is 8.62. The zero-order valence-electron chi connectivity index (χ0n) is 10.3. The van der Waals surface area contributed by atoms with Crippen LogP contribution >= 0.6 is 0 Å². The molecule has 1 aliphatic carbocycles. The van der Waals surface area contributed by atoms with Crippen LogP contribution in [-0.4, -0.2) is 16.1 Å². The molecule has 3 unspecified atom stereocenters. The van der Waals surface area contributed by atoms with E-state index in [2.05, 4.69) is 23.8 Å². The molecule has 0 N–H and O–H groups in total. The van der Waals surface area contributed by atoms with E-state index in [-0.39, 0.29) is 6.10 Å². The molecule has 17 heavy (non-hydrogen) atoms. The van der Waals surface area contributed by atoms with Crippen molar-refractivity contribution >= 4 is 0 Å². The lowest BCUT2D eigenvalue weighted by Crippen LogP contribution is -2.29. The minimum Gasteiger partial charge on any atom is -0.473 e. The third-order valence-corrected chi connectivity index (χ3v) is 3.58. The van der Waals surface area contributed by atoms with Crippen LogP contribution in [0.25, 0.3) is 0 Å². The predicted octanol–water partition coefficient (Wildman–Crippen LogP) is 2.55. The summed E-state index contributed by atoms with van der Waals surface area (Å²) in [6.07, 6.45) is 6.57. The van der Waals surface area contributed by atoms with Crippen LogP contribution in [0.2, 0.25) is 0 Å². The zero-order chi connectivity index (χ0) is 12.3. The summed E-state index contributed by atoms with van der Waals surface area (Å²) in [6.45, 7) is 4.56. The summed E-state index contributed by atoms with van der Waals surface area (Å²) in [7, 11) is 0. The van der Waals surface area contributed by atoms with Crippen molar-refractivity contribution in [3.8, 4) is 11.9 Å². The van der Waals surface area contributed by atoms with Crippen molar-refractivity contribution in [2.75, 3.05) is 0 Å². The lowest BCUT2D eigenvalue weighted by Gasteiger charge is -2.31. The molecule has 1 saturated carbocycles. The van der Waals surface area contributed by atoms with E-state index in [0.29, 0.717) is 17.5 Å². The van der Waals surface area contributed by atoms with Crippen molar-refractivity contribution in [3.05, 3.63) is 18.1 Å². The zero-order valence-corrected chi connectivity index (χ0v) is 10.3. The van der Waals surface area contributed by atoms with Gasteiger partial charge in [-0.2, -0.15) is 5.26 Å². The molecule has 0 bridgehead atoms. The van der Waals surface area contributed by atoms with Crippen LogP contribution in [0.15, 0.2) is 12.4 Å². The van der Waals surface area contributed by atoms with Gasteiger partial charge in [0.15, 0.2) is 5.69 Å². The second-order valence-electron chi connectivity index (χ2n) is 4.86. The van der Waals surface area contributed by atoms with Crippen LogP contribution < -0.4 is 4.74 Å². The highest BCUT2D eigenvalue weighted by molar-refractivity contribution is 5.18. The maximum Gasteiger partial charge on any atom is 0.232 e. The van der Waals surface area contributed by atoms with Crippen LogP contribution in [0.3, 0.4) is 0 Å². The van der Waals surface area contributed by atoms with Crippen molar-refractivity contribution in [2.45, 2.75) is 39.2 Å². The highest BCUT2D eigenvalue weighted by atomic mass is 16.5. The fraction of sp³-hybridized carbons (Fsp3) is 0.615. The molecule has 90 valence electrons. The van der Waals surface area contributed by atoms with Gasteiger partial charge in [0.1, 0.15) is 12.2 Å². The molecule has 1 aromatic rings. The average Bonchev–Trinajstić information content (AvgIpc) is 2.35. The normalized spacial score (nSPS) is 28.4. The van der Waals surface area contributed by atoms with E-state index >= 15 is 0 Å². The molecule has 0 radical (unpaired) electrons. The molecule has 4 heteroatoms. The van der Waals surface area contributed by atoms with Gasteiger partial charge in [0.05, 0.1) is 12.4 Å². The van der Waals surface area contributed by atoms with Crippen LogP contribution in [0.5, 0.6) is 5.88 Å². The number of hydrogen-bond acceptors (Lipinski definition) is 4. The number of nitrogens with zero attached hydrogens (tertiary/aromatic N) is 3. The van der Waals surface area contributed by atoms with Crippen molar-refractivity contribution in [2.24, 2.45) is 11.8 Å². The Labute approximate surface area is 102 Å². The maximum atomic E-state index is 8.62. The quantitative estimate of drug-likeness (QED) is 0.784. The molecule has 0 aliphatic heterocycles. The van der Waals surface area contributed by atoms with Gasteiger partial charge >= 0.3 is 0 Å². The van der Waals surface area contributed by atoms with E-state index in [9.17, 15) is 0 Å². The summed E-state index contributed by atoms with van der Waals surface area (Å²) >= 11 is 0. The summed E-state index contributed by atoms with van der Waals surface area (Å²) in [5.74, 6) is 2.00. The number of rotatable bonds is 2. The Morgan fingerprint density at radius 1 is 1.24 bits per heavy atom. The van der Waals surface area contributed by atoms with Gasteiger partial charge in [-0.05, 0) is 31.1 Å². The van der Waals surface area contributed by atoms with Gasteiger partial charge in [-0.15, -0.1) is 0 Å². The predicted molar refractivity (Wildman–Crippen MR) is 63.3 cm³/mol.